The predicted molar refractivity (Wildman–Crippen MR) is 75.6 cm³/mol. The Kier molecular flexibility index (Phi) is 6.76. The van der Waals surface area contributed by atoms with Crippen molar-refractivity contribution in [3.8, 4) is 0 Å². The van der Waals surface area contributed by atoms with Gasteiger partial charge in [-0.25, -0.2) is 17.9 Å². The summed E-state index contributed by atoms with van der Waals surface area (Å²) in [5, 5.41) is 8.77. The van der Waals surface area contributed by atoms with Crippen molar-refractivity contribution >= 4 is 16.0 Å². The van der Waals surface area contributed by atoms with Gasteiger partial charge in [0, 0.05) is 13.2 Å². The van der Waals surface area contributed by atoms with Gasteiger partial charge in [0.25, 0.3) is 0 Å². The number of ether oxygens (including phenoxy) is 2. The number of hydrogen-bond donors (Lipinski definition) is 2. The van der Waals surface area contributed by atoms with Crippen LogP contribution in [-0.2, 0) is 19.5 Å². The van der Waals surface area contributed by atoms with Gasteiger partial charge in [-0.3, -0.25) is 0 Å². The molecule has 0 saturated heterocycles. The zero-order valence-electron chi connectivity index (χ0n) is 11.9. The maximum atomic E-state index is 12.1. The van der Waals surface area contributed by atoms with E-state index in [-0.39, 0.29) is 17.0 Å². The maximum absolute atomic E-state index is 12.1. The van der Waals surface area contributed by atoms with E-state index >= 15 is 0 Å². The summed E-state index contributed by atoms with van der Waals surface area (Å²) < 4.78 is 37.0. The molecule has 0 saturated carbocycles. The van der Waals surface area contributed by atoms with E-state index in [2.05, 4.69) is 4.72 Å². The van der Waals surface area contributed by atoms with Crippen LogP contribution in [0.15, 0.2) is 29.2 Å². The fraction of sp³-hybridized carbons (Fsp3) is 0.462. The molecule has 8 heteroatoms. The molecule has 0 amide bonds. The van der Waals surface area contributed by atoms with E-state index in [1.807, 2.05) is 0 Å². The van der Waals surface area contributed by atoms with Crippen LogP contribution in [0.3, 0.4) is 0 Å². The van der Waals surface area contributed by atoms with Crippen molar-refractivity contribution in [1.29, 1.82) is 0 Å². The van der Waals surface area contributed by atoms with Crippen LogP contribution in [0.2, 0.25) is 0 Å². The number of carbonyl (C=O) groups is 1. The van der Waals surface area contributed by atoms with Crippen LogP contribution in [0.4, 0.5) is 0 Å². The third-order valence-electron chi connectivity index (χ3n) is 2.56. The molecule has 7 nitrogen and oxygen atoms in total. The van der Waals surface area contributed by atoms with E-state index in [1.165, 1.54) is 24.3 Å². The van der Waals surface area contributed by atoms with Crippen LogP contribution < -0.4 is 4.72 Å². The lowest BCUT2D eigenvalue weighted by Crippen LogP contribution is -2.35. The van der Waals surface area contributed by atoms with Crippen LogP contribution in [0.25, 0.3) is 0 Å². The van der Waals surface area contributed by atoms with Crippen molar-refractivity contribution in [3.63, 3.8) is 0 Å². The second kappa shape index (κ2) is 8.08. The van der Waals surface area contributed by atoms with Gasteiger partial charge in [-0.15, -0.1) is 0 Å². The van der Waals surface area contributed by atoms with Gasteiger partial charge in [0.2, 0.25) is 10.0 Å². The van der Waals surface area contributed by atoms with Crippen molar-refractivity contribution in [2.75, 3.05) is 19.8 Å². The molecule has 118 valence electrons. The lowest BCUT2D eigenvalue weighted by molar-refractivity contribution is -0.130. The molecule has 0 aliphatic rings. The van der Waals surface area contributed by atoms with Gasteiger partial charge >= 0.3 is 5.97 Å². The largest absolute Gasteiger partial charge is 0.478 e. The molecule has 2 N–H and O–H groups in total. The second-order valence-corrected chi connectivity index (χ2v) is 5.79. The van der Waals surface area contributed by atoms with Crippen LogP contribution >= 0.6 is 0 Å². The molecule has 1 aromatic carbocycles. The molecular weight excluding hydrogens is 298 g/mol. The van der Waals surface area contributed by atoms with Gasteiger partial charge < -0.3 is 14.6 Å². The van der Waals surface area contributed by atoms with Crippen LogP contribution in [0.1, 0.15) is 24.2 Å². The molecule has 0 aliphatic carbocycles. The minimum atomic E-state index is -3.74. The average molecular weight is 317 g/mol. The Bertz CT molecular complexity index is 549. The summed E-state index contributed by atoms with van der Waals surface area (Å²) in [5.74, 6) is -1.11. The number of benzene rings is 1. The van der Waals surface area contributed by atoms with Crippen molar-refractivity contribution in [2.45, 2.75) is 25.0 Å². The lowest BCUT2D eigenvalue weighted by atomic mass is 10.2. The number of nitrogens with one attached hydrogen (secondary N) is 1. The third kappa shape index (κ3) is 5.43. The van der Waals surface area contributed by atoms with Crippen molar-refractivity contribution in [3.05, 3.63) is 29.8 Å². The van der Waals surface area contributed by atoms with Gasteiger partial charge in [-0.2, -0.15) is 0 Å². The van der Waals surface area contributed by atoms with E-state index in [0.29, 0.717) is 13.2 Å². The Labute approximate surface area is 123 Å². The monoisotopic (exact) mass is 317 g/mol. The van der Waals surface area contributed by atoms with Crippen molar-refractivity contribution in [2.24, 2.45) is 0 Å². The Morgan fingerprint density at radius 2 is 1.71 bits per heavy atom. The van der Waals surface area contributed by atoms with Crippen LogP contribution in [0.5, 0.6) is 0 Å². The van der Waals surface area contributed by atoms with Crippen LogP contribution in [-0.4, -0.2) is 45.5 Å². The number of rotatable bonds is 9. The molecule has 1 rings (SSSR count). The standard InChI is InChI=1S/C13H19NO6S/c1-3-19-12(20-4-2)9-14-21(17,18)11-7-5-10(6-8-11)13(15)16/h5-8,12,14H,3-4,9H2,1-2H3,(H,15,16). The SMILES string of the molecule is CCOC(CNS(=O)(=O)c1ccc(C(=O)O)cc1)OCC. The summed E-state index contributed by atoms with van der Waals surface area (Å²) in [6, 6.07) is 4.95. The summed E-state index contributed by atoms with van der Waals surface area (Å²) in [4.78, 5) is 10.7. The maximum Gasteiger partial charge on any atom is 0.335 e. The molecule has 0 bridgehead atoms. The first kappa shape index (κ1) is 17.6. The highest BCUT2D eigenvalue weighted by atomic mass is 32.2. The van der Waals surface area contributed by atoms with E-state index in [1.54, 1.807) is 13.8 Å². The zero-order valence-corrected chi connectivity index (χ0v) is 12.7. The lowest BCUT2D eigenvalue weighted by Gasteiger charge is -2.17. The Balaban J connectivity index is 2.74. The molecule has 0 spiro atoms. The van der Waals surface area contributed by atoms with Gasteiger partial charge in [0.15, 0.2) is 6.29 Å². The highest BCUT2D eigenvalue weighted by Gasteiger charge is 2.17. The van der Waals surface area contributed by atoms with E-state index in [0.717, 1.165) is 0 Å². The second-order valence-electron chi connectivity index (χ2n) is 4.02. The summed E-state index contributed by atoms with van der Waals surface area (Å²) in [7, 11) is -3.74. The Morgan fingerprint density at radius 1 is 1.19 bits per heavy atom. The fourth-order valence-electron chi connectivity index (χ4n) is 1.58. The quantitative estimate of drug-likeness (QED) is 0.660. The van der Waals surface area contributed by atoms with Crippen LogP contribution in [0, 0.1) is 0 Å². The summed E-state index contributed by atoms with van der Waals surface area (Å²) in [5.41, 5.74) is 0.0236. The number of carboxylic acids is 1. The molecule has 0 atom stereocenters. The van der Waals surface area contributed by atoms with Crippen molar-refractivity contribution < 1.29 is 27.8 Å². The first-order valence-corrected chi connectivity index (χ1v) is 7.95. The Morgan fingerprint density at radius 3 is 2.14 bits per heavy atom. The van der Waals surface area contributed by atoms with E-state index in [9.17, 15) is 13.2 Å². The van der Waals surface area contributed by atoms with Gasteiger partial charge in [-0.05, 0) is 38.1 Å². The highest BCUT2D eigenvalue weighted by molar-refractivity contribution is 7.89. The molecule has 0 heterocycles. The minimum absolute atomic E-state index is 0.0146. The normalized spacial score (nSPS) is 11.8. The van der Waals surface area contributed by atoms with Gasteiger partial charge in [0.1, 0.15) is 0 Å². The molecule has 0 unspecified atom stereocenters. The Hall–Kier alpha value is -1.48. The topological polar surface area (TPSA) is 102 Å². The molecule has 21 heavy (non-hydrogen) atoms. The van der Waals surface area contributed by atoms with Crippen molar-refractivity contribution in [1.82, 2.24) is 4.72 Å². The number of sulfonamides is 1. The number of carboxylic acid groups (broad SMARTS) is 1. The average Bonchev–Trinajstić information content (AvgIpc) is 2.45. The van der Waals surface area contributed by atoms with E-state index in [4.69, 9.17) is 14.6 Å². The molecule has 0 radical (unpaired) electrons. The zero-order chi connectivity index (χ0) is 15.9. The van der Waals surface area contributed by atoms with Gasteiger partial charge in [-0.1, -0.05) is 0 Å². The predicted octanol–water partition coefficient (Wildman–Crippen LogP) is 1.06. The fourth-order valence-corrected chi connectivity index (χ4v) is 2.59. The molecule has 1 aromatic rings. The molecule has 0 fully saturated rings. The third-order valence-corrected chi connectivity index (χ3v) is 4.00. The number of hydrogen-bond acceptors (Lipinski definition) is 5. The molecule has 0 aliphatic heterocycles. The minimum Gasteiger partial charge on any atom is -0.478 e. The smallest absolute Gasteiger partial charge is 0.335 e. The summed E-state index contributed by atoms with van der Waals surface area (Å²) in [6.45, 7) is 4.35. The summed E-state index contributed by atoms with van der Waals surface area (Å²) in [6.07, 6.45) is -0.659. The van der Waals surface area contributed by atoms with E-state index < -0.39 is 22.3 Å². The molecular formula is C13H19NO6S. The van der Waals surface area contributed by atoms with Gasteiger partial charge in [0.05, 0.1) is 17.0 Å². The first-order valence-electron chi connectivity index (χ1n) is 6.47. The molecule has 0 aromatic heterocycles. The number of aromatic carboxylic acids is 1. The summed E-state index contributed by atoms with van der Waals surface area (Å²) >= 11 is 0. The highest BCUT2D eigenvalue weighted by Crippen LogP contribution is 2.11. The first-order chi connectivity index (χ1) is 9.90.